The molecule has 0 unspecified atom stereocenters. The minimum absolute atomic E-state index is 0.115. The van der Waals surface area contributed by atoms with Crippen molar-refractivity contribution in [2.75, 3.05) is 18.0 Å². The monoisotopic (exact) mass is 411 g/mol. The summed E-state index contributed by atoms with van der Waals surface area (Å²) < 4.78 is 1.71. The van der Waals surface area contributed by atoms with Crippen LogP contribution in [-0.2, 0) is 6.54 Å². The summed E-state index contributed by atoms with van der Waals surface area (Å²) in [6.07, 6.45) is 11.0. The first kappa shape index (κ1) is 20.5. The van der Waals surface area contributed by atoms with Crippen molar-refractivity contribution in [3.63, 3.8) is 0 Å². The minimum atomic E-state index is -0.115. The zero-order chi connectivity index (χ0) is 21.6. The van der Waals surface area contributed by atoms with Crippen molar-refractivity contribution in [1.29, 1.82) is 5.26 Å². The predicted molar refractivity (Wildman–Crippen MR) is 123 cm³/mol. The fraction of sp³-hybridized carbons (Fsp3) is 0.280. The molecule has 6 nitrogen and oxygen atoms in total. The number of nitrogens with zero attached hydrogens (tertiary/aromatic N) is 5. The summed E-state index contributed by atoms with van der Waals surface area (Å²) in [7, 11) is 0. The van der Waals surface area contributed by atoms with Gasteiger partial charge in [-0.05, 0) is 48.1 Å². The zero-order valence-corrected chi connectivity index (χ0v) is 17.6. The van der Waals surface area contributed by atoms with Crippen LogP contribution in [-0.4, -0.2) is 27.6 Å². The lowest BCUT2D eigenvalue weighted by atomic mass is 10.0. The Hall–Kier alpha value is -3.72. The third kappa shape index (κ3) is 4.72. The van der Waals surface area contributed by atoms with Gasteiger partial charge in [0.25, 0.3) is 5.56 Å². The van der Waals surface area contributed by atoms with Crippen molar-refractivity contribution >= 4 is 18.1 Å². The van der Waals surface area contributed by atoms with Gasteiger partial charge < -0.3 is 4.90 Å². The lowest BCUT2D eigenvalue weighted by molar-refractivity contribution is 0.436. The van der Waals surface area contributed by atoms with E-state index >= 15 is 0 Å². The number of hydrogen-bond acceptors (Lipinski definition) is 5. The third-order valence-corrected chi connectivity index (χ3v) is 5.60. The summed E-state index contributed by atoms with van der Waals surface area (Å²) in [5.74, 6) is 1.22. The topological polar surface area (TPSA) is 74.8 Å². The van der Waals surface area contributed by atoms with Crippen LogP contribution in [0.3, 0.4) is 0 Å². The van der Waals surface area contributed by atoms with E-state index in [1.54, 1.807) is 35.3 Å². The minimum Gasteiger partial charge on any atom is -0.342 e. The second kappa shape index (κ2) is 9.40. The second-order valence-electron chi connectivity index (χ2n) is 7.99. The zero-order valence-electron chi connectivity index (χ0n) is 17.6. The molecule has 31 heavy (non-hydrogen) atoms. The molecule has 3 heterocycles. The van der Waals surface area contributed by atoms with E-state index in [2.05, 4.69) is 22.9 Å². The molecule has 1 aliphatic rings. The van der Waals surface area contributed by atoms with Gasteiger partial charge in [0.15, 0.2) is 0 Å². The Morgan fingerprint density at radius 2 is 2.06 bits per heavy atom. The van der Waals surface area contributed by atoms with E-state index in [-0.39, 0.29) is 5.56 Å². The molecule has 6 heteroatoms. The van der Waals surface area contributed by atoms with Gasteiger partial charge in [0, 0.05) is 31.7 Å². The van der Waals surface area contributed by atoms with E-state index in [1.165, 1.54) is 6.42 Å². The van der Waals surface area contributed by atoms with E-state index in [0.29, 0.717) is 29.5 Å². The maximum atomic E-state index is 13.5. The van der Waals surface area contributed by atoms with Crippen LogP contribution in [0.5, 0.6) is 0 Å². The van der Waals surface area contributed by atoms with E-state index in [1.807, 2.05) is 36.4 Å². The maximum Gasteiger partial charge on any atom is 0.262 e. The van der Waals surface area contributed by atoms with Gasteiger partial charge >= 0.3 is 0 Å². The summed E-state index contributed by atoms with van der Waals surface area (Å²) in [5.41, 5.74) is 2.69. The van der Waals surface area contributed by atoms with Crippen LogP contribution in [0.4, 0.5) is 5.95 Å². The number of rotatable bonds is 5. The molecule has 0 amide bonds. The van der Waals surface area contributed by atoms with Crippen LogP contribution in [0.2, 0.25) is 0 Å². The van der Waals surface area contributed by atoms with Crippen molar-refractivity contribution < 1.29 is 0 Å². The molecule has 0 N–H and O–H groups in total. The average Bonchev–Trinajstić information content (AvgIpc) is 2.80. The Kier molecular flexibility index (Phi) is 6.23. The highest BCUT2D eigenvalue weighted by atomic mass is 16.1. The summed E-state index contributed by atoms with van der Waals surface area (Å²) >= 11 is 0. The molecule has 156 valence electrons. The standard InChI is InChI=1S/C25H25N5O/c1-19-6-5-13-29(17-19)25-28-16-22(11-10-20-7-4-12-27-15-20)24(31)30(25)18-23-9-3-2-8-21(23)14-26/h2-4,7-12,15-16,19H,5-6,13,17-18H2,1H3/b11-10+/t19-/m1/s1. The largest absolute Gasteiger partial charge is 0.342 e. The number of nitriles is 1. The molecule has 0 spiro atoms. The molecule has 2 aromatic heterocycles. The van der Waals surface area contributed by atoms with E-state index in [4.69, 9.17) is 4.98 Å². The van der Waals surface area contributed by atoms with Gasteiger partial charge in [-0.15, -0.1) is 0 Å². The smallest absolute Gasteiger partial charge is 0.262 e. The third-order valence-electron chi connectivity index (χ3n) is 5.60. The molecule has 0 aliphatic carbocycles. The molecular formula is C25H25N5O. The van der Waals surface area contributed by atoms with Crippen molar-refractivity contribution in [2.45, 2.75) is 26.3 Å². The number of benzene rings is 1. The summed E-state index contributed by atoms with van der Waals surface area (Å²) in [6, 6.07) is 13.4. The van der Waals surface area contributed by atoms with E-state index < -0.39 is 0 Å². The molecule has 0 saturated carbocycles. The lowest BCUT2D eigenvalue weighted by Gasteiger charge is -2.33. The molecule has 1 fully saturated rings. The van der Waals surface area contributed by atoms with Crippen molar-refractivity contribution in [3.8, 4) is 6.07 Å². The molecule has 1 aromatic carbocycles. The summed E-state index contributed by atoms with van der Waals surface area (Å²) in [5, 5.41) is 9.50. The molecule has 1 saturated heterocycles. The second-order valence-corrected chi connectivity index (χ2v) is 7.99. The van der Waals surface area contributed by atoms with Crippen molar-refractivity contribution in [1.82, 2.24) is 14.5 Å². The molecule has 0 radical (unpaired) electrons. The molecule has 1 aliphatic heterocycles. The van der Waals surface area contributed by atoms with E-state index in [0.717, 1.165) is 30.6 Å². The summed E-state index contributed by atoms with van der Waals surface area (Å²) in [4.78, 5) is 24.5. The highest BCUT2D eigenvalue weighted by Crippen LogP contribution is 2.22. The number of anilines is 1. The van der Waals surface area contributed by atoms with Crippen molar-refractivity contribution in [3.05, 3.63) is 87.6 Å². The van der Waals surface area contributed by atoms with Crippen LogP contribution >= 0.6 is 0 Å². The molecule has 4 rings (SSSR count). The first-order valence-electron chi connectivity index (χ1n) is 10.6. The molecular weight excluding hydrogens is 386 g/mol. The highest BCUT2D eigenvalue weighted by molar-refractivity contribution is 5.68. The van der Waals surface area contributed by atoms with Gasteiger partial charge in [-0.3, -0.25) is 14.3 Å². The number of hydrogen-bond donors (Lipinski definition) is 0. The van der Waals surface area contributed by atoms with Crippen LogP contribution < -0.4 is 10.5 Å². The fourth-order valence-corrected chi connectivity index (χ4v) is 3.98. The van der Waals surface area contributed by atoms with Crippen LogP contribution in [0, 0.1) is 17.2 Å². The quantitative estimate of drug-likeness (QED) is 0.635. The Balaban J connectivity index is 1.76. The lowest BCUT2D eigenvalue weighted by Crippen LogP contribution is -2.39. The van der Waals surface area contributed by atoms with Gasteiger partial charge in [0.2, 0.25) is 5.95 Å². The van der Waals surface area contributed by atoms with Gasteiger partial charge in [-0.2, -0.15) is 5.26 Å². The van der Waals surface area contributed by atoms with Crippen LogP contribution in [0.1, 0.15) is 42.0 Å². The Morgan fingerprint density at radius 1 is 1.19 bits per heavy atom. The van der Waals surface area contributed by atoms with Crippen LogP contribution in [0.15, 0.2) is 59.8 Å². The number of pyridine rings is 1. The fourth-order valence-electron chi connectivity index (χ4n) is 3.98. The van der Waals surface area contributed by atoms with Gasteiger partial charge in [0.1, 0.15) is 0 Å². The molecule has 0 bridgehead atoms. The van der Waals surface area contributed by atoms with Gasteiger partial charge in [0.05, 0.1) is 23.7 Å². The Labute approximate surface area is 182 Å². The van der Waals surface area contributed by atoms with Crippen molar-refractivity contribution in [2.24, 2.45) is 5.92 Å². The molecule has 1 atom stereocenters. The van der Waals surface area contributed by atoms with Gasteiger partial charge in [-0.25, -0.2) is 4.98 Å². The Bertz CT molecular complexity index is 1180. The maximum absolute atomic E-state index is 13.5. The normalized spacial score (nSPS) is 16.4. The predicted octanol–water partition coefficient (Wildman–Crippen LogP) is 3.96. The van der Waals surface area contributed by atoms with Gasteiger partial charge in [-0.1, -0.05) is 37.3 Å². The Morgan fingerprint density at radius 3 is 2.84 bits per heavy atom. The van der Waals surface area contributed by atoms with E-state index in [9.17, 15) is 10.1 Å². The first-order valence-corrected chi connectivity index (χ1v) is 10.6. The molecule has 3 aromatic rings. The first-order chi connectivity index (χ1) is 15.2. The number of piperidine rings is 1. The number of aromatic nitrogens is 3. The average molecular weight is 412 g/mol. The summed E-state index contributed by atoms with van der Waals surface area (Å²) in [6.45, 7) is 4.29. The SMILES string of the molecule is C[C@@H]1CCCN(c2ncc(/C=C/c3cccnc3)c(=O)n2Cc2ccccc2C#N)C1. The highest BCUT2D eigenvalue weighted by Gasteiger charge is 2.22. The van der Waals surface area contributed by atoms with Crippen LogP contribution in [0.25, 0.3) is 12.2 Å².